The number of unbranched alkanes of at least 4 members (excludes halogenated alkanes) is 1. The van der Waals surface area contributed by atoms with E-state index in [1.54, 1.807) is 0 Å². The minimum Gasteiger partial charge on any atom is -0.393 e. The van der Waals surface area contributed by atoms with E-state index < -0.39 is 0 Å². The second kappa shape index (κ2) is 10.9. The highest BCUT2D eigenvalue weighted by atomic mass is 16.3. The third-order valence-electron chi connectivity index (χ3n) is 1.53. The van der Waals surface area contributed by atoms with Crippen LogP contribution in [0, 0.1) is 0 Å². The zero-order valence-corrected chi connectivity index (χ0v) is 7.01. The summed E-state index contributed by atoms with van der Waals surface area (Å²) in [5.74, 6) is 0. The monoisotopic (exact) mass is 177 g/mol. The summed E-state index contributed by atoms with van der Waals surface area (Å²) < 4.78 is 0. The van der Waals surface area contributed by atoms with Gasteiger partial charge in [0.25, 0.3) is 0 Å². The van der Waals surface area contributed by atoms with Crippen molar-refractivity contribution in [1.29, 1.82) is 0 Å². The summed E-state index contributed by atoms with van der Waals surface area (Å²) in [6, 6.07) is 0.131. The maximum atomic E-state index is 9.27. The van der Waals surface area contributed by atoms with E-state index in [0.717, 1.165) is 25.7 Å². The second-order valence-corrected chi connectivity index (χ2v) is 3.01. The highest BCUT2D eigenvalue weighted by Gasteiger charge is 2.05. The van der Waals surface area contributed by atoms with Gasteiger partial charge in [0.1, 0.15) is 0 Å². The molecule has 0 aromatic heterocycles. The highest BCUT2D eigenvalue weighted by molar-refractivity contribution is 4.62. The first-order chi connectivity index (χ1) is 4.66. The van der Waals surface area contributed by atoms with Crippen molar-refractivity contribution in [2.75, 3.05) is 0 Å². The number of hydrogen-bond acceptors (Lipinski definition) is 2. The van der Waals surface area contributed by atoms with Gasteiger partial charge in [0.2, 0.25) is 0 Å². The van der Waals surface area contributed by atoms with Crippen LogP contribution in [-0.2, 0) is 0 Å². The predicted molar refractivity (Wildman–Crippen MR) is 57.3 cm³/mol. The Morgan fingerprint density at radius 2 is 1.83 bits per heavy atom. The third-order valence-corrected chi connectivity index (χ3v) is 1.53. The molecule has 0 aliphatic heterocycles. The molecule has 2 nitrogen and oxygen atoms in total. The number of aliphatic hydroxyl groups excluding tert-OH is 1. The van der Waals surface area contributed by atoms with Gasteiger partial charge in [-0.05, 0) is 19.8 Å². The molecule has 0 aliphatic carbocycles. The summed E-state index contributed by atoms with van der Waals surface area (Å²) >= 11 is 0. The van der Waals surface area contributed by atoms with Gasteiger partial charge >= 0.3 is 0 Å². The van der Waals surface area contributed by atoms with Gasteiger partial charge in [0.15, 0.2) is 0 Å². The van der Waals surface area contributed by atoms with E-state index in [0.29, 0.717) is 0 Å². The van der Waals surface area contributed by atoms with Crippen molar-refractivity contribution in [2.45, 2.75) is 66.5 Å². The molecule has 2 unspecified atom stereocenters. The van der Waals surface area contributed by atoms with E-state index in [1.807, 2.05) is 6.92 Å². The Kier molecular flexibility index (Phi) is 16.3. The molecular weight excluding hydrogens is 150 g/mol. The molecule has 12 heavy (non-hydrogen) atoms. The molecule has 0 aromatic carbocycles. The number of hydrogen-bond donors (Lipinski definition) is 2. The van der Waals surface area contributed by atoms with Crippen molar-refractivity contribution >= 4 is 0 Å². The minimum absolute atomic E-state index is 0. The van der Waals surface area contributed by atoms with Gasteiger partial charge in [-0.1, -0.05) is 34.6 Å². The largest absolute Gasteiger partial charge is 0.393 e. The van der Waals surface area contributed by atoms with Gasteiger partial charge in [0, 0.05) is 6.04 Å². The lowest BCUT2D eigenvalue weighted by atomic mass is 10.1. The van der Waals surface area contributed by atoms with Gasteiger partial charge in [-0.15, -0.1) is 0 Å². The summed E-state index contributed by atoms with van der Waals surface area (Å²) in [4.78, 5) is 0. The average Bonchev–Trinajstić information content (AvgIpc) is 1.82. The van der Waals surface area contributed by atoms with Gasteiger partial charge in [-0.25, -0.2) is 0 Å². The van der Waals surface area contributed by atoms with Crippen molar-refractivity contribution in [2.24, 2.45) is 5.73 Å². The second-order valence-electron chi connectivity index (χ2n) is 3.01. The molecule has 2 atom stereocenters. The number of aliphatic hydroxyl groups is 1. The number of rotatable bonds is 5. The van der Waals surface area contributed by atoms with Crippen LogP contribution < -0.4 is 5.73 Å². The summed E-state index contributed by atoms with van der Waals surface area (Å²) in [5, 5.41) is 9.27. The molecule has 0 amide bonds. The molecule has 0 saturated carbocycles. The lowest BCUT2D eigenvalue weighted by Crippen LogP contribution is -2.22. The van der Waals surface area contributed by atoms with E-state index in [1.165, 1.54) is 0 Å². The molecule has 0 heterocycles. The van der Waals surface area contributed by atoms with Crippen LogP contribution in [0.1, 0.15) is 54.4 Å². The molecule has 2 heteroatoms. The van der Waals surface area contributed by atoms with Crippen LogP contribution in [0.5, 0.6) is 0 Å². The van der Waals surface area contributed by atoms with E-state index >= 15 is 0 Å². The van der Waals surface area contributed by atoms with Crippen LogP contribution in [0.3, 0.4) is 0 Å². The summed E-state index contributed by atoms with van der Waals surface area (Å²) in [7, 11) is 0. The molecule has 3 N–H and O–H groups in total. The molecule has 78 valence electrons. The molecule has 0 aromatic rings. The number of nitrogens with two attached hydrogens (primary N) is 1. The minimum atomic E-state index is -0.181. The smallest absolute Gasteiger partial charge is 0.0554 e. The zero-order valence-electron chi connectivity index (χ0n) is 7.01. The van der Waals surface area contributed by atoms with Crippen LogP contribution in [0.25, 0.3) is 0 Å². The Hall–Kier alpha value is -0.0800. The Morgan fingerprint density at radius 1 is 1.33 bits per heavy atom. The van der Waals surface area contributed by atoms with Gasteiger partial charge in [-0.3, -0.25) is 0 Å². The first-order valence-electron chi connectivity index (χ1n) is 4.10. The van der Waals surface area contributed by atoms with E-state index in [4.69, 9.17) is 5.73 Å². The van der Waals surface area contributed by atoms with Crippen LogP contribution in [0.2, 0.25) is 0 Å². The zero-order chi connectivity index (χ0) is 7.98. The van der Waals surface area contributed by atoms with Gasteiger partial charge in [-0.2, -0.15) is 0 Å². The summed E-state index contributed by atoms with van der Waals surface area (Å²) in [5.41, 5.74) is 5.51. The molecular formula is C10H27NO. The van der Waals surface area contributed by atoms with Crippen molar-refractivity contribution in [3.8, 4) is 0 Å². The maximum absolute atomic E-state index is 9.27. The first-order valence-corrected chi connectivity index (χ1v) is 4.10. The SMILES string of the molecule is C.C.CCCCC(O)CC(C)N. The third kappa shape index (κ3) is 12.6. The Bertz CT molecular complexity index is 74.2. The predicted octanol–water partition coefficient (Wildman–Crippen LogP) is 2.55. The summed E-state index contributed by atoms with van der Waals surface area (Å²) in [6.45, 7) is 4.05. The van der Waals surface area contributed by atoms with E-state index in [9.17, 15) is 5.11 Å². The van der Waals surface area contributed by atoms with Crippen LogP contribution >= 0.6 is 0 Å². The van der Waals surface area contributed by atoms with Crippen molar-refractivity contribution in [1.82, 2.24) is 0 Å². The fraction of sp³-hybridized carbons (Fsp3) is 1.00. The first kappa shape index (κ1) is 17.9. The maximum Gasteiger partial charge on any atom is 0.0554 e. The Morgan fingerprint density at radius 3 is 2.17 bits per heavy atom. The highest BCUT2D eigenvalue weighted by Crippen LogP contribution is 2.04. The van der Waals surface area contributed by atoms with Crippen molar-refractivity contribution in [3.05, 3.63) is 0 Å². The normalized spacial score (nSPS) is 14.0. The fourth-order valence-electron chi connectivity index (χ4n) is 0.987. The topological polar surface area (TPSA) is 46.2 Å². The Balaban J connectivity index is -0.000000405. The summed E-state index contributed by atoms with van der Waals surface area (Å²) in [6.07, 6.45) is 3.71. The van der Waals surface area contributed by atoms with Gasteiger partial charge in [0.05, 0.1) is 6.10 Å². The molecule has 0 spiro atoms. The Labute approximate surface area is 78.2 Å². The van der Waals surface area contributed by atoms with Crippen LogP contribution in [-0.4, -0.2) is 17.3 Å². The van der Waals surface area contributed by atoms with E-state index in [-0.39, 0.29) is 27.0 Å². The van der Waals surface area contributed by atoms with Gasteiger partial charge < -0.3 is 10.8 Å². The fourth-order valence-corrected chi connectivity index (χ4v) is 0.987. The van der Waals surface area contributed by atoms with Crippen molar-refractivity contribution < 1.29 is 5.11 Å². The standard InChI is InChI=1S/C8H19NO.2CH4/c1-3-4-5-8(10)6-7(2)9;;/h7-8,10H,3-6,9H2,1-2H3;2*1H4. The molecule has 0 rings (SSSR count). The average molecular weight is 177 g/mol. The quantitative estimate of drug-likeness (QED) is 0.678. The lowest BCUT2D eigenvalue weighted by Gasteiger charge is -2.11. The van der Waals surface area contributed by atoms with Crippen LogP contribution in [0.4, 0.5) is 0 Å². The molecule has 0 saturated heterocycles. The molecule has 0 bridgehead atoms. The molecule has 0 fully saturated rings. The molecule has 0 radical (unpaired) electrons. The lowest BCUT2D eigenvalue weighted by molar-refractivity contribution is 0.145. The van der Waals surface area contributed by atoms with Crippen molar-refractivity contribution in [3.63, 3.8) is 0 Å². The van der Waals surface area contributed by atoms with Crippen LogP contribution in [0.15, 0.2) is 0 Å². The van der Waals surface area contributed by atoms with E-state index in [2.05, 4.69) is 6.92 Å². The molecule has 0 aliphatic rings.